The topological polar surface area (TPSA) is 87.1 Å². The van der Waals surface area contributed by atoms with Crippen LogP contribution in [0, 0.1) is 17.2 Å². The molecule has 0 heterocycles. The van der Waals surface area contributed by atoms with Gasteiger partial charge in [0.1, 0.15) is 0 Å². The maximum Gasteiger partial charge on any atom is 0.335 e. The molecule has 1 aromatic carbocycles. The number of hydrogen-bond acceptors (Lipinski definition) is 3. The molecular formula is C15H22N2O2. The molecule has 1 unspecified atom stereocenters. The van der Waals surface area contributed by atoms with Gasteiger partial charge >= 0.3 is 5.97 Å². The molecule has 0 bridgehead atoms. The monoisotopic (exact) mass is 262 g/mol. The molecule has 0 aliphatic carbocycles. The highest BCUT2D eigenvalue weighted by Crippen LogP contribution is 2.09. The molecule has 0 radical (unpaired) electrons. The van der Waals surface area contributed by atoms with Crippen LogP contribution in [0.15, 0.2) is 24.3 Å². The van der Waals surface area contributed by atoms with E-state index in [9.17, 15) is 4.79 Å². The van der Waals surface area contributed by atoms with Crippen molar-refractivity contribution in [2.45, 2.75) is 33.1 Å². The first-order chi connectivity index (χ1) is 9.04. The second-order valence-electron chi connectivity index (χ2n) is 4.38. The SMILES string of the molecule is CC(C#N)Cc1ccc(C(=O)O)cc1.CCCCN. The van der Waals surface area contributed by atoms with Crippen molar-refractivity contribution in [3.05, 3.63) is 35.4 Å². The molecule has 0 saturated heterocycles. The van der Waals surface area contributed by atoms with Crippen LogP contribution in [0.3, 0.4) is 0 Å². The van der Waals surface area contributed by atoms with Crippen molar-refractivity contribution in [1.29, 1.82) is 5.26 Å². The van der Waals surface area contributed by atoms with Crippen LogP contribution in [0.1, 0.15) is 42.6 Å². The molecule has 19 heavy (non-hydrogen) atoms. The molecule has 0 fully saturated rings. The molecule has 0 aromatic heterocycles. The number of nitriles is 1. The predicted octanol–water partition coefficient (Wildman–Crippen LogP) is 2.83. The van der Waals surface area contributed by atoms with Crippen LogP contribution in [0.2, 0.25) is 0 Å². The summed E-state index contributed by atoms with van der Waals surface area (Å²) < 4.78 is 0. The largest absolute Gasteiger partial charge is 0.478 e. The molecule has 1 aromatic rings. The molecule has 1 rings (SSSR count). The molecular weight excluding hydrogens is 240 g/mol. The van der Waals surface area contributed by atoms with Gasteiger partial charge < -0.3 is 10.8 Å². The normalized spacial score (nSPS) is 10.8. The smallest absolute Gasteiger partial charge is 0.335 e. The third kappa shape index (κ3) is 7.96. The quantitative estimate of drug-likeness (QED) is 0.854. The molecule has 3 N–H and O–H groups in total. The summed E-state index contributed by atoms with van der Waals surface area (Å²) in [6, 6.07) is 8.74. The standard InChI is InChI=1S/C11H11NO2.C4H11N/c1-8(7-12)6-9-2-4-10(5-3-9)11(13)14;1-2-3-4-5/h2-5,8H,6H2,1H3,(H,13,14);2-5H2,1H3. The Kier molecular flexibility index (Phi) is 9.11. The van der Waals surface area contributed by atoms with E-state index < -0.39 is 5.97 Å². The summed E-state index contributed by atoms with van der Waals surface area (Å²) in [6.07, 6.45) is 3.05. The van der Waals surface area contributed by atoms with Crippen molar-refractivity contribution in [2.75, 3.05) is 6.54 Å². The Bertz CT molecular complexity index is 405. The van der Waals surface area contributed by atoms with Crippen molar-refractivity contribution >= 4 is 5.97 Å². The van der Waals surface area contributed by atoms with E-state index in [0.29, 0.717) is 6.42 Å². The van der Waals surface area contributed by atoms with Gasteiger partial charge in [0.25, 0.3) is 0 Å². The van der Waals surface area contributed by atoms with Gasteiger partial charge in [-0.3, -0.25) is 0 Å². The molecule has 0 aliphatic rings. The fourth-order valence-corrected chi connectivity index (χ4v) is 1.39. The number of carbonyl (C=O) groups is 1. The molecule has 104 valence electrons. The van der Waals surface area contributed by atoms with Gasteiger partial charge in [0.2, 0.25) is 0 Å². The number of nitrogens with zero attached hydrogens (tertiary/aromatic N) is 1. The second-order valence-corrected chi connectivity index (χ2v) is 4.38. The number of unbranched alkanes of at least 4 members (excludes halogenated alkanes) is 1. The first kappa shape index (κ1) is 17.1. The van der Waals surface area contributed by atoms with E-state index in [0.717, 1.165) is 12.1 Å². The van der Waals surface area contributed by atoms with Crippen molar-refractivity contribution < 1.29 is 9.90 Å². The summed E-state index contributed by atoms with van der Waals surface area (Å²) in [5.41, 5.74) is 6.41. The summed E-state index contributed by atoms with van der Waals surface area (Å²) in [5, 5.41) is 17.2. The van der Waals surface area contributed by atoms with Gasteiger partial charge in [0.15, 0.2) is 0 Å². The Balaban J connectivity index is 0.000000555. The Morgan fingerprint density at radius 1 is 1.42 bits per heavy atom. The lowest BCUT2D eigenvalue weighted by atomic mass is 10.0. The molecule has 0 saturated carbocycles. The highest BCUT2D eigenvalue weighted by molar-refractivity contribution is 5.87. The van der Waals surface area contributed by atoms with E-state index in [4.69, 9.17) is 16.1 Å². The highest BCUT2D eigenvalue weighted by atomic mass is 16.4. The maximum atomic E-state index is 10.5. The average Bonchev–Trinajstić information content (AvgIpc) is 2.41. The summed E-state index contributed by atoms with van der Waals surface area (Å²) in [5.74, 6) is -0.962. The van der Waals surface area contributed by atoms with Crippen molar-refractivity contribution in [3.8, 4) is 6.07 Å². The van der Waals surface area contributed by atoms with Crippen LogP contribution in [0.5, 0.6) is 0 Å². The zero-order valence-corrected chi connectivity index (χ0v) is 11.6. The fourth-order valence-electron chi connectivity index (χ4n) is 1.39. The van der Waals surface area contributed by atoms with E-state index in [1.807, 2.05) is 6.92 Å². The number of rotatable bonds is 5. The van der Waals surface area contributed by atoms with Gasteiger partial charge in [-0.1, -0.05) is 25.5 Å². The van der Waals surface area contributed by atoms with Gasteiger partial charge in [0, 0.05) is 5.92 Å². The minimum absolute atomic E-state index is 0.0364. The van der Waals surface area contributed by atoms with Crippen LogP contribution in [-0.4, -0.2) is 17.6 Å². The summed E-state index contributed by atoms with van der Waals surface area (Å²) in [6.45, 7) is 4.81. The van der Waals surface area contributed by atoms with E-state index in [1.54, 1.807) is 24.3 Å². The zero-order chi connectivity index (χ0) is 14.7. The maximum absolute atomic E-state index is 10.5. The summed E-state index contributed by atoms with van der Waals surface area (Å²) >= 11 is 0. The van der Waals surface area contributed by atoms with Gasteiger partial charge in [-0.05, 0) is 44.0 Å². The van der Waals surface area contributed by atoms with E-state index >= 15 is 0 Å². The molecule has 0 aliphatic heterocycles. The van der Waals surface area contributed by atoms with E-state index in [2.05, 4.69) is 13.0 Å². The van der Waals surface area contributed by atoms with Crippen LogP contribution < -0.4 is 5.73 Å². The minimum Gasteiger partial charge on any atom is -0.478 e. The fraction of sp³-hybridized carbons (Fsp3) is 0.467. The van der Waals surface area contributed by atoms with Crippen LogP contribution in [0.25, 0.3) is 0 Å². The Labute approximate surface area is 114 Å². The molecule has 4 heteroatoms. The lowest BCUT2D eigenvalue weighted by Gasteiger charge is -2.02. The van der Waals surface area contributed by atoms with E-state index in [1.165, 1.54) is 12.8 Å². The third-order valence-electron chi connectivity index (χ3n) is 2.52. The number of benzene rings is 1. The van der Waals surface area contributed by atoms with Crippen molar-refractivity contribution in [1.82, 2.24) is 0 Å². The molecule has 0 amide bonds. The number of hydrogen-bond donors (Lipinski definition) is 2. The molecule has 1 atom stereocenters. The Morgan fingerprint density at radius 3 is 2.32 bits per heavy atom. The summed E-state index contributed by atoms with van der Waals surface area (Å²) in [7, 11) is 0. The van der Waals surface area contributed by atoms with Crippen molar-refractivity contribution in [3.63, 3.8) is 0 Å². The lowest BCUT2D eigenvalue weighted by molar-refractivity contribution is 0.0697. The second kappa shape index (κ2) is 10.1. The van der Waals surface area contributed by atoms with E-state index in [-0.39, 0.29) is 11.5 Å². The Morgan fingerprint density at radius 2 is 2.00 bits per heavy atom. The minimum atomic E-state index is -0.926. The number of aromatic carboxylic acids is 1. The number of carboxylic acid groups (broad SMARTS) is 1. The van der Waals surface area contributed by atoms with Gasteiger partial charge in [-0.25, -0.2) is 4.79 Å². The molecule has 0 spiro atoms. The van der Waals surface area contributed by atoms with Gasteiger partial charge in [0.05, 0.1) is 11.6 Å². The first-order valence-corrected chi connectivity index (χ1v) is 6.47. The molecule has 4 nitrogen and oxygen atoms in total. The highest BCUT2D eigenvalue weighted by Gasteiger charge is 2.04. The first-order valence-electron chi connectivity index (χ1n) is 6.47. The Hall–Kier alpha value is -1.86. The predicted molar refractivity (Wildman–Crippen MR) is 75.8 cm³/mol. The van der Waals surface area contributed by atoms with Gasteiger partial charge in [-0.15, -0.1) is 0 Å². The van der Waals surface area contributed by atoms with Gasteiger partial charge in [-0.2, -0.15) is 5.26 Å². The van der Waals surface area contributed by atoms with Crippen LogP contribution in [0.4, 0.5) is 0 Å². The lowest BCUT2D eigenvalue weighted by Crippen LogP contribution is -1.99. The van der Waals surface area contributed by atoms with Crippen LogP contribution in [-0.2, 0) is 6.42 Å². The third-order valence-corrected chi connectivity index (χ3v) is 2.52. The zero-order valence-electron chi connectivity index (χ0n) is 11.6. The van der Waals surface area contributed by atoms with Crippen LogP contribution >= 0.6 is 0 Å². The number of carboxylic acids is 1. The number of nitrogens with two attached hydrogens (primary N) is 1. The average molecular weight is 262 g/mol. The van der Waals surface area contributed by atoms with Crippen molar-refractivity contribution in [2.24, 2.45) is 11.7 Å². The summed E-state index contributed by atoms with van der Waals surface area (Å²) in [4.78, 5) is 10.5.